The highest BCUT2D eigenvalue weighted by molar-refractivity contribution is 6.26. The minimum absolute atomic E-state index is 0.901. The van der Waals surface area contributed by atoms with Gasteiger partial charge in [0.2, 0.25) is 0 Å². The highest BCUT2D eigenvalue weighted by Gasteiger charge is 2.19. The van der Waals surface area contributed by atoms with Gasteiger partial charge in [-0.1, -0.05) is 206 Å². The number of fused-ring (bicyclic) bond motifs is 10. The standard InChI is InChI=1S/C64H41NO/c1-2-14-42(15-3-1)43-30-34-48(35-31-43)65(50-38-39-58-56-23-7-6-21-54(56)55-22-8-9-24-57(55)62(58)41-50)49-36-32-44(33-37-49)46-18-10-19-47(40-46)52-25-12-28-60-61-29-13-27-59(64(61)66-63(52)60)53-26-11-17-45-16-4-5-20-51(45)53/h1-41H. The first-order valence-electron chi connectivity index (χ1n) is 22.7. The van der Waals surface area contributed by atoms with Crippen LogP contribution in [0.5, 0.6) is 0 Å². The summed E-state index contributed by atoms with van der Waals surface area (Å²) < 4.78 is 6.94. The first-order chi connectivity index (χ1) is 32.7. The number of anilines is 3. The summed E-state index contributed by atoms with van der Waals surface area (Å²) in [7, 11) is 0. The molecule has 0 N–H and O–H groups in total. The summed E-state index contributed by atoms with van der Waals surface area (Å²) in [5, 5.41) is 12.2. The Kier molecular flexibility index (Phi) is 8.89. The van der Waals surface area contributed by atoms with Crippen molar-refractivity contribution in [2.24, 2.45) is 0 Å². The third kappa shape index (κ3) is 6.26. The zero-order valence-electron chi connectivity index (χ0n) is 36.0. The number of para-hydroxylation sites is 2. The molecule has 0 aliphatic heterocycles. The van der Waals surface area contributed by atoms with E-state index < -0.39 is 0 Å². The van der Waals surface area contributed by atoms with Gasteiger partial charge < -0.3 is 9.32 Å². The molecule has 0 saturated carbocycles. The van der Waals surface area contributed by atoms with Gasteiger partial charge in [-0.25, -0.2) is 0 Å². The number of benzene rings is 12. The van der Waals surface area contributed by atoms with Crippen LogP contribution < -0.4 is 4.90 Å². The van der Waals surface area contributed by atoms with E-state index in [9.17, 15) is 0 Å². The number of furan rings is 1. The summed E-state index contributed by atoms with van der Waals surface area (Å²) in [4.78, 5) is 2.38. The molecule has 2 heteroatoms. The van der Waals surface area contributed by atoms with Crippen molar-refractivity contribution in [2.45, 2.75) is 0 Å². The second-order valence-electron chi connectivity index (χ2n) is 17.2. The third-order valence-electron chi connectivity index (χ3n) is 13.5. The highest BCUT2D eigenvalue weighted by Crippen LogP contribution is 2.44. The number of hydrogen-bond donors (Lipinski definition) is 0. The van der Waals surface area contributed by atoms with E-state index in [2.05, 4.69) is 254 Å². The van der Waals surface area contributed by atoms with E-state index in [0.29, 0.717) is 0 Å². The van der Waals surface area contributed by atoms with Crippen LogP contribution in [0, 0.1) is 0 Å². The number of hydrogen-bond acceptors (Lipinski definition) is 2. The van der Waals surface area contributed by atoms with Crippen LogP contribution >= 0.6 is 0 Å². The Bertz CT molecular complexity index is 3940. The van der Waals surface area contributed by atoms with Gasteiger partial charge >= 0.3 is 0 Å². The zero-order chi connectivity index (χ0) is 43.6. The third-order valence-corrected chi connectivity index (χ3v) is 13.5. The van der Waals surface area contributed by atoms with Gasteiger partial charge in [-0.05, 0) is 119 Å². The summed E-state index contributed by atoms with van der Waals surface area (Å²) in [5.74, 6) is 0. The molecule has 0 aliphatic carbocycles. The molecule has 0 unspecified atom stereocenters. The van der Waals surface area contributed by atoms with Crippen LogP contribution in [-0.2, 0) is 0 Å². The van der Waals surface area contributed by atoms with Crippen molar-refractivity contribution in [1.29, 1.82) is 0 Å². The first kappa shape index (κ1) is 37.8. The molecule has 0 aliphatic rings. The van der Waals surface area contributed by atoms with Crippen LogP contribution in [0.25, 0.3) is 110 Å². The lowest BCUT2D eigenvalue weighted by atomic mass is 9.94. The Balaban J connectivity index is 0.902. The van der Waals surface area contributed by atoms with E-state index >= 15 is 0 Å². The van der Waals surface area contributed by atoms with Gasteiger partial charge in [0.05, 0.1) is 0 Å². The largest absolute Gasteiger partial charge is 0.455 e. The molecule has 1 heterocycles. The molecule has 66 heavy (non-hydrogen) atoms. The second-order valence-corrected chi connectivity index (χ2v) is 17.2. The molecule has 12 aromatic carbocycles. The minimum atomic E-state index is 0.901. The van der Waals surface area contributed by atoms with Gasteiger partial charge in [0.15, 0.2) is 0 Å². The normalized spacial score (nSPS) is 11.6. The van der Waals surface area contributed by atoms with E-state index in [1.807, 2.05) is 0 Å². The highest BCUT2D eigenvalue weighted by atomic mass is 16.3. The van der Waals surface area contributed by atoms with E-state index in [-0.39, 0.29) is 0 Å². The van der Waals surface area contributed by atoms with Crippen LogP contribution in [-0.4, -0.2) is 0 Å². The summed E-state index contributed by atoms with van der Waals surface area (Å²) in [5.41, 5.74) is 14.2. The predicted molar refractivity (Wildman–Crippen MR) is 280 cm³/mol. The van der Waals surface area contributed by atoms with Gasteiger partial charge in [-0.15, -0.1) is 0 Å². The van der Waals surface area contributed by atoms with Gasteiger partial charge in [0.1, 0.15) is 11.2 Å². The molecule has 0 fully saturated rings. The molecule has 0 atom stereocenters. The van der Waals surface area contributed by atoms with Crippen LogP contribution in [0.15, 0.2) is 253 Å². The molecule has 2 nitrogen and oxygen atoms in total. The van der Waals surface area contributed by atoms with Crippen molar-refractivity contribution in [3.8, 4) is 44.5 Å². The second kappa shape index (κ2) is 15.5. The van der Waals surface area contributed by atoms with Crippen molar-refractivity contribution in [3.05, 3.63) is 249 Å². The van der Waals surface area contributed by atoms with Crippen molar-refractivity contribution in [2.75, 3.05) is 4.90 Å². The van der Waals surface area contributed by atoms with E-state index in [1.165, 1.54) is 59.8 Å². The summed E-state index contributed by atoms with van der Waals surface area (Å²) >= 11 is 0. The Morgan fingerprint density at radius 2 is 0.652 bits per heavy atom. The number of nitrogens with zero attached hydrogens (tertiary/aromatic N) is 1. The lowest BCUT2D eigenvalue weighted by molar-refractivity contribution is 0.671. The van der Waals surface area contributed by atoms with Crippen LogP contribution in [0.4, 0.5) is 17.1 Å². The van der Waals surface area contributed by atoms with Gasteiger partial charge in [-0.2, -0.15) is 0 Å². The molecule has 308 valence electrons. The van der Waals surface area contributed by atoms with Gasteiger partial charge in [0.25, 0.3) is 0 Å². The monoisotopic (exact) mass is 839 g/mol. The average molecular weight is 840 g/mol. The summed E-state index contributed by atoms with van der Waals surface area (Å²) in [6, 6.07) is 90.0. The zero-order valence-corrected chi connectivity index (χ0v) is 36.0. The van der Waals surface area contributed by atoms with Crippen molar-refractivity contribution in [3.63, 3.8) is 0 Å². The van der Waals surface area contributed by atoms with Crippen molar-refractivity contribution < 1.29 is 4.42 Å². The molecule has 1 aromatic heterocycles. The van der Waals surface area contributed by atoms with Crippen LogP contribution in [0.2, 0.25) is 0 Å². The molecule has 0 amide bonds. The maximum Gasteiger partial charge on any atom is 0.143 e. The maximum absolute atomic E-state index is 6.94. The minimum Gasteiger partial charge on any atom is -0.455 e. The Hall–Kier alpha value is -8.72. The Labute approximate surface area is 382 Å². The molecule has 13 aromatic rings. The molecule has 0 bridgehead atoms. The topological polar surface area (TPSA) is 16.4 Å². The molecule has 13 rings (SSSR count). The molecule has 0 radical (unpaired) electrons. The first-order valence-corrected chi connectivity index (χ1v) is 22.7. The quantitative estimate of drug-likeness (QED) is 0.149. The smallest absolute Gasteiger partial charge is 0.143 e. The lowest BCUT2D eigenvalue weighted by Gasteiger charge is -2.26. The van der Waals surface area contributed by atoms with Crippen molar-refractivity contribution in [1.82, 2.24) is 0 Å². The van der Waals surface area contributed by atoms with Gasteiger partial charge in [0, 0.05) is 39.0 Å². The summed E-state index contributed by atoms with van der Waals surface area (Å²) in [6.07, 6.45) is 0. The molecular formula is C64H41NO. The fourth-order valence-electron chi connectivity index (χ4n) is 10.3. The summed E-state index contributed by atoms with van der Waals surface area (Å²) in [6.45, 7) is 0. The number of rotatable bonds is 7. The maximum atomic E-state index is 6.94. The molecule has 0 spiro atoms. The van der Waals surface area contributed by atoms with Crippen LogP contribution in [0.1, 0.15) is 0 Å². The van der Waals surface area contributed by atoms with E-state index in [4.69, 9.17) is 4.42 Å². The van der Waals surface area contributed by atoms with Crippen LogP contribution in [0.3, 0.4) is 0 Å². The SMILES string of the molecule is c1ccc(-c2ccc(N(c3ccc(-c4cccc(-c5cccc6c5oc5c(-c7cccc8ccccc78)cccc56)c4)cc3)c3ccc4c5ccccc5c5ccccc5c4c3)cc2)cc1. The Morgan fingerprint density at radius 3 is 1.33 bits per heavy atom. The molecule has 0 saturated heterocycles. The van der Waals surface area contributed by atoms with E-state index in [1.54, 1.807) is 0 Å². The fraction of sp³-hybridized carbons (Fsp3) is 0. The average Bonchev–Trinajstić information content (AvgIpc) is 3.79. The predicted octanol–water partition coefficient (Wildman–Crippen LogP) is 18.3. The van der Waals surface area contributed by atoms with E-state index in [0.717, 1.165) is 66.8 Å². The van der Waals surface area contributed by atoms with Crippen molar-refractivity contribution >= 4 is 82.1 Å². The molecular weight excluding hydrogens is 799 g/mol. The fourth-order valence-corrected chi connectivity index (χ4v) is 10.3. The van der Waals surface area contributed by atoms with Gasteiger partial charge in [-0.3, -0.25) is 0 Å². The Morgan fingerprint density at radius 1 is 0.227 bits per heavy atom. The lowest BCUT2D eigenvalue weighted by Crippen LogP contribution is -2.10.